The fraction of sp³-hybridized carbons (Fsp3) is 0.579. The van der Waals surface area contributed by atoms with E-state index in [4.69, 9.17) is 4.74 Å². The molecule has 130 valence electrons. The summed E-state index contributed by atoms with van der Waals surface area (Å²) in [6.45, 7) is 0.995. The summed E-state index contributed by atoms with van der Waals surface area (Å²) in [5, 5.41) is 9.21. The van der Waals surface area contributed by atoms with Crippen molar-refractivity contribution >= 4 is 12.1 Å². The summed E-state index contributed by atoms with van der Waals surface area (Å²) in [5.41, 5.74) is 0.782. The zero-order chi connectivity index (χ0) is 17.0. The highest BCUT2D eigenvalue weighted by molar-refractivity contribution is 5.71. The molecule has 1 saturated carbocycles. The lowest BCUT2D eigenvalue weighted by molar-refractivity contribution is -0.144. The molecular weight excluding hydrogens is 306 g/mol. The third kappa shape index (κ3) is 3.55. The lowest BCUT2D eigenvalue weighted by Gasteiger charge is -2.49. The van der Waals surface area contributed by atoms with Crippen molar-refractivity contribution in [2.75, 3.05) is 6.54 Å². The van der Waals surface area contributed by atoms with Crippen LogP contribution in [0.15, 0.2) is 30.3 Å². The lowest BCUT2D eigenvalue weighted by Crippen LogP contribution is -2.56. The summed E-state index contributed by atoms with van der Waals surface area (Å²) in [7, 11) is 0. The predicted molar refractivity (Wildman–Crippen MR) is 89.5 cm³/mol. The van der Waals surface area contributed by atoms with Crippen LogP contribution in [0, 0.1) is 5.92 Å². The molecule has 1 aliphatic heterocycles. The van der Waals surface area contributed by atoms with Crippen LogP contribution >= 0.6 is 0 Å². The van der Waals surface area contributed by atoms with Crippen LogP contribution in [0.25, 0.3) is 0 Å². The molecule has 2 fully saturated rings. The molecule has 0 bridgehead atoms. The van der Waals surface area contributed by atoms with Gasteiger partial charge in [-0.05, 0) is 50.5 Å². The average molecular weight is 331 g/mol. The first-order valence-corrected chi connectivity index (χ1v) is 8.82. The van der Waals surface area contributed by atoms with Gasteiger partial charge < -0.3 is 14.7 Å². The molecule has 1 amide bonds. The molecule has 1 heterocycles. The van der Waals surface area contributed by atoms with E-state index in [0.717, 1.165) is 37.7 Å². The fourth-order valence-corrected chi connectivity index (χ4v) is 4.10. The van der Waals surface area contributed by atoms with Gasteiger partial charge in [0.05, 0.1) is 5.92 Å². The maximum absolute atomic E-state index is 12.6. The highest BCUT2D eigenvalue weighted by atomic mass is 16.6. The number of carboxylic acids is 1. The van der Waals surface area contributed by atoms with Crippen molar-refractivity contribution in [1.29, 1.82) is 0 Å². The number of likely N-dealkylation sites (tertiary alicyclic amines) is 1. The van der Waals surface area contributed by atoms with Crippen LogP contribution in [0.5, 0.6) is 0 Å². The molecule has 1 aromatic carbocycles. The summed E-state index contributed by atoms with van der Waals surface area (Å²) in [4.78, 5) is 25.7. The van der Waals surface area contributed by atoms with E-state index in [2.05, 4.69) is 0 Å². The van der Waals surface area contributed by atoms with Gasteiger partial charge in [0.1, 0.15) is 6.61 Å². The number of carbonyl (C=O) groups is 2. The molecular formula is C19H25NO4. The zero-order valence-electron chi connectivity index (χ0n) is 13.9. The maximum Gasteiger partial charge on any atom is 0.410 e. The van der Waals surface area contributed by atoms with Crippen molar-refractivity contribution in [3.05, 3.63) is 35.9 Å². The van der Waals surface area contributed by atoms with Crippen LogP contribution in [0.1, 0.15) is 50.5 Å². The van der Waals surface area contributed by atoms with Gasteiger partial charge in [-0.2, -0.15) is 0 Å². The Hall–Kier alpha value is -2.04. The number of benzene rings is 1. The van der Waals surface area contributed by atoms with Crippen molar-refractivity contribution in [2.24, 2.45) is 5.92 Å². The summed E-state index contributed by atoms with van der Waals surface area (Å²) < 4.78 is 5.54. The normalized spacial score (nSPS) is 27.0. The number of hydrogen-bond donors (Lipinski definition) is 1. The quantitative estimate of drug-likeness (QED) is 0.914. The van der Waals surface area contributed by atoms with Gasteiger partial charge in [0, 0.05) is 12.1 Å². The highest BCUT2D eigenvalue weighted by Crippen LogP contribution is 2.42. The Labute approximate surface area is 142 Å². The first-order chi connectivity index (χ1) is 11.6. The third-order valence-electron chi connectivity index (χ3n) is 5.54. The van der Waals surface area contributed by atoms with Crippen LogP contribution in [-0.2, 0) is 16.1 Å². The molecule has 0 aromatic heterocycles. The fourth-order valence-electron chi connectivity index (χ4n) is 4.10. The molecule has 0 radical (unpaired) electrons. The molecule has 3 rings (SSSR count). The summed E-state index contributed by atoms with van der Waals surface area (Å²) in [5.74, 6) is -0.974. The van der Waals surface area contributed by atoms with E-state index in [9.17, 15) is 14.7 Å². The van der Waals surface area contributed by atoms with Crippen molar-refractivity contribution in [3.63, 3.8) is 0 Å². The molecule has 1 N–H and O–H groups in total. The van der Waals surface area contributed by atoms with Gasteiger partial charge in [-0.25, -0.2) is 4.79 Å². The summed E-state index contributed by atoms with van der Waals surface area (Å²) in [6.07, 6.45) is 5.63. The van der Waals surface area contributed by atoms with E-state index < -0.39 is 5.97 Å². The Balaban J connectivity index is 1.64. The van der Waals surface area contributed by atoms with Crippen LogP contribution in [0.2, 0.25) is 0 Å². The molecule has 1 saturated heterocycles. The molecule has 0 atom stereocenters. The predicted octanol–water partition coefficient (Wildman–Crippen LogP) is 3.82. The average Bonchev–Trinajstić information content (AvgIpc) is 2.61. The van der Waals surface area contributed by atoms with Gasteiger partial charge in [-0.15, -0.1) is 0 Å². The first kappa shape index (κ1) is 16.8. The standard InChI is InChI=1S/C19H25NO4/c21-17(22)16-8-11-19(12-9-16)10-4-5-13-20(19)18(23)24-14-15-6-2-1-3-7-15/h1-3,6-7,16H,4-5,8-14H2,(H,21,22). The highest BCUT2D eigenvalue weighted by Gasteiger charge is 2.45. The Morgan fingerprint density at radius 3 is 2.50 bits per heavy atom. The summed E-state index contributed by atoms with van der Waals surface area (Å²) >= 11 is 0. The van der Waals surface area contributed by atoms with Gasteiger partial charge in [-0.3, -0.25) is 4.79 Å². The largest absolute Gasteiger partial charge is 0.481 e. The van der Waals surface area contributed by atoms with Gasteiger partial charge in [0.2, 0.25) is 0 Å². The van der Waals surface area contributed by atoms with Gasteiger partial charge in [-0.1, -0.05) is 30.3 Å². The minimum absolute atomic E-state index is 0.196. The molecule has 24 heavy (non-hydrogen) atoms. The molecule has 0 unspecified atom stereocenters. The molecule has 1 aromatic rings. The second kappa shape index (κ2) is 7.24. The Morgan fingerprint density at radius 2 is 1.83 bits per heavy atom. The van der Waals surface area contributed by atoms with E-state index in [0.29, 0.717) is 19.4 Å². The SMILES string of the molecule is O=C(O)C1CCC2(CCCCN2C(=O)OCc2ccccc2)CC1. The lowest BCUT2D eigenvalue weighted by atomic mass is 9.71. The van der Waals surface area contributed by atoms with Crippen LogP contribution < -0.4 is 0 Å². The Kier molecular flexibility index (Phi) is 5.07. The zero-order valence-corrected chi connectivity index (χ0v) is 13.9. The topological polar surface area (TPSA) is 66.8 Å². The number of piperidine rings is 1. The second-order valence-electron chi connectivity index (χ2n) is 6.99. The number of nitrogens with zero attached hydrogens (tertiary/aromatic N) is 1. The number of ether oxygens (including phenoxy) is 1. The number of carboxylic acid groups (broad SMARTS) is 1. The smallest absolute Gasteiger partial charge is 0.410 e. The van der Waals surface area contributed by atoms with E-state index >= 15 is 0 Å². The molecule has 1 spiro atoms. The van der Waals surface area contributed by atoms with Crippen molar-refractivity contribution < 1.29 is 19.4 Å². The minimum Gasteiger partial charge on any atom is -0.481 e. The summed E-state index contributed by atoms with van der Waals surface area (Å²) in [6, 6.07) is 9.68. The number of rotatable bonds is 3. The van der Waals surface area contributed by atoms with Crippen molar-refractivity contribution in [1.82, 2.24) is 4.90 Å². The molecule has 5 nitrogen and oxygen atoms in total. The van der Waals surface area contributed by atoms with Crippen molar-refractivity contribution in [2.45, 2.75) is 57.1 Å². The van der Waals surface area contributed by atoms with Crippen LogP contribution in [0.4, 0.5) is 4.79 Å². The first-order valence-electron chi connectivity index (χ1n) is 8.82. The van der Waals surface area contributed by atoms with E-state index in [1.54, 1.807) is 0 Å². The van der Waals surface area contributed by atoms with Gasteiger partial charge in [0.25, 0.3) is 0 Å². The Morgan fingerprint density at radius 1 is 1.12 bits per heavy atom. The van der Waals surface area contributed by atoms with Gasteiger partial charge >= 0.3 is 12.1 Å². The van der Waals surface area contributed by atoms with Crippen LogP contribution in [0.3, 0.4) is 0 Å². The van der Waals surface area contributed by atoms with Gasteiger partial charge in [0.15, 0.2) is 0 Å². The van der Waals surface area contributed by atoms with Crippen LogP contribution in [-0.4, -0.2) is 34.2 Å². The maximum atomic E-state index is 12.6. The molecule has 1 aliphatic carbocycles. The number of hydrogen-bond acceptors (Lipinski definition) is 3. The number of carbonyl (C=O) groups excluding carboxylic acids is 1. The van der Waals surface area contributed by atoms with Crippen molar-refractivity contribution in [3.8, 4) is 0 Å². The molecule has 5 heteroatoms. The second-order valence-corrected chi connectivity index (χ2v) is 6.99. The number of aliphatic carboxylic acids is 1. The minimum atomic E-state index is -0.709. The van der Waals surface area contributed by atoms with E-state index in [1.165, 1.54) is 0 Å². The number of amides is 1. The third-order valence-corrected chi connectivity index (χ3v) is 5.54. The van der Waals surface area contributed by atoms with E-state index in [1.807, 2.05) is 35.2 Å². The monoisotopic (exact) mass is 331 g/mol. The van der Waals surface area contributed by atoms with E-state index in [-0.39, 0.29) is 24.2 Å². The Bertz CT molecular complexity index is 578. The molecule has 2 aliphatic rings.